The van der Waals surface area contributed by atoms with Gasteiger partial charge in [0, 0.05) is 30.2 Å². The van der Waals surface area contributed by atoms with Gasteiger partial charge in [-0.1, -0.05) is 12.8 Å². The van der Waals surface area contributed by atoms with E-state index in [-0.39, 0.29) is 11.9 Å². The van der Waals surface area contributed by atoms with Gasteiger partial charge in [0.05, 0.1) is 12.2 Å². The number of thiocarbonyl (C=S) groups is 1. The molecule has 0 spiro atoms. The number of hydrogen-bond donors (Lipinski definition) is 2. The number of esters is 1. The number of fused-ring (bicyclic) bond motifs is 1. The van der Waals surface area contributed by atoms with Crippen molar-refractivity contribution in [3.63, 3.8) is 0 Å². The Kier molecular flexibility index (Phi) is 8.03. The zero-order valence-corrected chi connectivity index (χ0v) is 19.9. The molecule has 0 saturated heterocycles. The lowest BCUT2D eigenvalue weighted by atomic mass is 9.96. The van der Waals surface area contributed by atoms with E-state index in [4.69, 9.17) is 17.0 Å². The Morgan fingerprint density at radius 3 is 2.42 bits per heavy atom. The second-order valence-electron chi connectivity index (χ2n) is 7.55. The third-order valence-electron chi connectivity index (χ3n) is 5.36. The van der Waals surface area contributed by atoms with Crippen molar-refractivity contribution in [3.05, 3.63) is 40.3 Å². The molecule has 0 bridgehead atoms. The molecule has 0 fully saturated rings. The fourth-order valence-corrected chi connectivity index (χ4v) is 5.21. The van der Waals surface area contributed by atoms with Crippen molar-refractivity contribution in [2.45, 2.75) is 52.4 Å². The number of rotatable bonds is 5. The second-order valence-corrected chi connectivity index (χ2v) is 9.06. The molecule has 166 valence electrons. The first kappa shape index (κ1) is 23.2. The summed E-state index contributed by atoms with van der Waals surface area (Å²) in [5.74, 6) is -0.319. The molecule has 1 aliphatic carbocycles. The molecule has 1 amide bonds. The Bertz CT molecular complexity index is 954. The van der Waals surface area contributed by atoms with Crippen molar-refractivity contribution in [2.24, 2.45) is 0 Å². The third kappa shape index (κ3) is 5.83. The van der Waals surface area contributed by atoms with Crippen LogP contribution in [0.15, 0.2) is 24.3 Å². The van der Waals surface area contributed by atoms with Crippen molar-refractivity contribution in [3.8, 4) is 0 Å². The van der Waals surface area contributed by atoms with Gasteiger partial charge in [-0.2, -0.15) is 0 Å². The van der Waals surface area contributed by atoms with Crippen LogP contribution in [0.5, 0.6) is 0 Å². The first-order chi connectivity index (χ1) is 14.9. The highest BCUT2D eigenvalue weighted by Crippen LogP contribution is 2.37. The number of ether oxygens (including phenoxy) is 1. The number of thiophene rings is 1. The molecule has 1 aromatic carbocycles. The van der Waals surface area contributed by atoms with Gasteiger partial charge in [-0.15, -0.1) is 11.3 Å². The van der Waals surface area contributed by atoms with Crippen LogP contribution in [0.25, 0.3) is 0 Å². The van der Waals surface area contributed by atoms with Crippen LogP contribution in [0.4, 0.5) is 16.4 Å². The summed E-state index contributed by atoms with van der Waals surface area (Å²) in [5, 5.41) is 7.54. The second kappa shape index (κ2) is 10.7. The minimum atomic E-state index is -0.289. The number of hydrogen-bond acceptors (Lipinski definition) is 5. The van der Waals surface area contributed by atoms with Gasteiger partial charge in [0.15, 0.2) is 5.11 Å². The first-order valence-electron chi connectivity index (χ1n) is 10.6. The van der Waals surface area contributed by atoms with E-state index in [9.17, 15) is 9.59 Å². The average molecular weight is 460 g/mol. The Morgan fingerprint density at radius 1 is 1.10 bits per heavy atom. The zero-order chi connectivity index (χ0) is 22.4. The molecule has 6 nitrogen and oxygen atoms in total. The maximum absolute atomic E-state index is 12.7. The summed E-state index contributed by atoms with van der Waals surface area (Å²) in [5.41, 5.74) is 3.35. The molecule has 0 radical (unpaired) electrons. The third-order valence-corrected chi connectivity index (χ3v) is 6.77. The molecule has 1 aliphatic rings. The van der Waals surface area contributed by atoms with E-state index < -0.39 is 0 Å². The van der Waals surface area contributed by atoms with Gasteiger partial charge < -0.3 is 20.3 Å². The standard InChI is InChI=1S/C23H29N3O3S2/c1-4-29-22(28)20-18-9-7-5-6-8-10-19(18)31-21(20)25-23(30)24-16-11-13-17(14-12-16)26(3)15(2)27/h11-14H,4-10H2,1-3H3,(H2,24,25,30). The number of amides is 1. The molecule has 3 rings (SSSR count). The number of benzene rings is 1. The summed E-state index contributed by atoms with van der Waals surface area (Å²) in [6.45, 7) is 3.68. The SMILES string of the molecule is CCOC(=O)c1c(NC(=S)Nc2ccc(N(C)C(C)=O)cc2)sc2c1CCCCCC2. The molecule has 2 N–H and O–H groups in total. The van der Waals surface area contributed by atoms with Gasteiger partial charge in [0.1, 0.15) is 5.00 Å². The largest absolute Gasteiger partial charge is 0.462 e. The van der Waals surface area contributed by atoms with E-state index in [1.54, 1.807) is 23.3 Å². The van der Waals surface area contributed by atoms with Crippen LogP contribution < -0.4 is 15.5 Å². The lowest BCUT2D eigenvalue weighted by molar-refractivity contribution is -0.116. The van der Waals surface area contributed by atoms with Crippen molar-refractivity contribution in [1.82, 2.24) is 0 Å². The zero-order valence-electron chi connectivity index (χ0n) is 18.2. The van der Waals surface area contributed by atoms with E-state index in [2.05, 4.69) is 10.6 Å². The van der Waals surface area contributed by atoms with Gasteiger partial charge in [0.2, 0.25) is 5.91 Å². The van der Waals surface area contributed by atoms with Gasteiger partial charge in [0.25, 0.3) is 0 Å². The summed E-state index contributed by atoms with van der Waals surface area (Å²) in [6, 6.07) is 7.44. The first-order valence-corrected chi connectivity index (χ1v) is 11.9. The van der Waals surface area contributed by atoms with E-state index in [0.29, 0.717) is 17.3 Å². The fraction of sp³-hybridized carbons (Fsp3) is 0.435. The van der Waals surface area contributed by atoms with Gasteiger partial charge in [-0.3, -0.25) is 4.79 Å². The van der Waals surface area contributed by atoms with Crippen molar-refractivity contribution >= 4 is 56.9 Å². The van der Waals surface area contributed by atoms with Gasteiger partial charge in [-0.05, 0) is 74.7 Å². The molecule has 1 heterocycles. The average Bonchev–Trinajstić information content (AvgIpc) is 3.04. The summed E-state index contributed by atoms with van der Waals surface area (Å²) in [6.07, 6.45) is 6.52. The van der Waals surface area contributed by atoms with Crippen LogP contribution in [0.3, 0.4) is 0 Å². The summed E-state index contributed by atoms with van der Waals surface area (Å²) < 4.78 is 5.35. The molecule has 0 aliphatic heterocycles. The van der Waals surface area contributed by atoms with Crippen molar-refractivity contribution in [2.75, 3.05) is 29.2 Å². The quantitative estimate of drug-likeness (QED) is 0.462. The van der Waals surface area contributed by atoms with Crippen LogP contribution >= 0.6 is 23.6 Å². The Hall–Kier alpha value is -2.45. The van der Waals surface area contributed by atoms with Crippen LogP contribution in [-0.2, 0) is 22.4 Å². The highest BCUT2D eigenvalue weighted by Gasteiger charge is 2.25. The molecule has 1 aromatic heterocycles. The number of nitrogens with one attached hydrogen (secondary N) is 2. The van der Waals surface area contributed by atoms with E-state index in [1.807, 2.05) is 31.2 Å². The molecule has 0 unspecified atom stereocenters. The summed E-state index contributed by atoms with van der Waals surface area (Å²) in [4.78, 5) is 27.1. The molecule has 0 saturated carbocycles. The van der Waals surface area contributed by atoms with E-state index in [1.165, 1.54) is 24.6 Å². The minimum absolute atomic E-state index is 0.0300. The highest BCUT2D eigenvalue weighted by atomic mass is 32.1. The Morgan fingerprint density at radius 2 is 1.77 bits per heavy atom. The normalized spacial score (nSPS) is 13.4. The lowest BCUT2D eigenvalue weighted by Gasteiger charge is -2.16. The van der Waals surface area contributed by atoms with Crippen molar-refractivity contribution in [1.29, 1.82) is 0 Å². The molecular formula is C23H29N3O3S2. The Balaban J connectivity index is 1.78. The summed E-state index contributed by atoms with van der Waals surface area (Å²) >= 11 is 7.12. The minimum Gasteiger partial charge on any atom is -0.462 e. The van der Waals surface area contributed by atoms with Crippen LogP contribution in [-0.4, -0.2) is 30.6 Å². The number of aryl methyl sites for hydroxylation is 1. The number of anilines is 3. The van der Waals surface area contributed by atoms with E-state index in [0.717, 1.165) is 47.6 Å². The number of carbonyl (C=O) groups excluding carboxylic acids is 2. The number of nitrogens with zero attached hydrogens (tertiary/aromatic N) is 1. The molecule has 2 aromatic rings. The predicted molar refractivity (Wildman–Crippen MR) is 132 cm³/mol. The van der Waals surface area contributed by atoms with E-state index >= 15 is 0 Å². The highest BCUT2D eigenvalue weighted by molar-refractivity contribution is 7.80. The fourth-order valence-electron chi connectivity index (χ4n) is 3.64. The van der Waals surface area contributed by atoms with Crippen LogP contribution in [0.2, 0.25) is 0 Å². The Labute approximate surface area is 193 Å². The maximum Gasteiger partial charge on any atom is 0.341 e. The van der Waals surface area contributed by atoms with Crippen LogP contribution in [0, 0.1) is 0 Å². The van der Waals surface area contributed by atoms with Crippen LogP contribution in [0.1, 0.15) is 60.3 Å². The topological polar surface area (TPSA) is 70.7 Å². The smallest absolute Gasteiger partial charge is 0.341 e. The monoisotopic (exact) mass is 459 g/mol. The van der Waals surface area contributed by atoms with Gasteiger partial charge in [-0.25, -0.2) is 4.79 Å². The number of carbonyl (C=O) groups is 2. The van der Waals surface area contributed by atoms with Gasteiger partial charge >= 0.3 is 5.97 Å². The predicted octanol–water partition coefficient (Wildman–Crippen LogP) is 5.38. The van der Waals surface area contributed by atoms with Crippen molar-refractivity contribution < 1.29 is 14.3 Å². The maximum atomic E-state index is 12.7. The molecule has 0 atom stereocenters. The summed E-state index contributed by atoms with van der Waals surface area (Å²) in [7, 11) is 1.73. The lowest BCUT2D eigenvalue weighted by Crippen LogP contribution is -2.23. The molecule has 31 heavy (non-hydrogen) atoms. The molecular weight excluding hydrogens is 430 g/mol. The molecule has 8 heteroatoms.